The van der Waals surface area contributed by atoms with Gasteiger partial charge < -0.3 is 19.5 Å². The number of halogens is 1. The van der Waals surface area contributed by atoms with Gasteiger partial charge in [-0.1, -0.05) is 23.7 Å². The summed E-state index contributed by atoms with van der Waals surface area (Å²) in [5.74, 6) is 1.33. The fraction of sp³-hybridized carbons (Fsp3) is 0.238. The van der Waals surface area contributed by atoms with Crippen molar-refractivity contribution in [3.63, 3.8) is 0 Å². The summed E-state index contributed by atoms with van der Waals surface area (Å²) in [6.07, 6.45) is 2.66. The largest absolute Gasteiger partial charge is 0.493 e. The third-order valence-corrected chi connectivity index (χ3v) is 5.35. The van der Waals surface area contributed by atoms with E-state index in [1.165, 1.54) is 18.4 Å². The Hall–Kier alpha value is -2.77. The number of carbonyl (C=O) groups is 1. The minimum Gasteiger partial charge on any atom is -0.493 e. The maximum Gasteiger partial charge on any atom is 0.230 e. The number of thiazole rings is 1. The molecule has 0 fully saturated rings. The Labute approximate surface area is 178 Å². The highest BCUT2D eigenvalue weighted by molar-refractivity contribution is 7.15. The number of benzene rings is 2. The van der Waals surface area contributed by atoms with E-state index in [0.29, 0.717) is 27.4 Å². The van der Waals surface area contributed by atoms with Gasteiger partial charge in [0.25, 0.3) is 0 Å². The molecule has 2 aromatic carbocycles. The summed E-state index contributed by atoms with van der Waals surface area (Å²) in [5, 5.41) is 4.11. The Bertz CT molecular complexity index is 964. The van der Waals surface area contributed by atoms with Gasteiger partial charge in [0.05, 0.1) is 27.8 Å². The predicted molar refractivity (Wildman–Crippen MR) is 115 cm³/mol. The van der Waals surface area contributed by atoms with Crippen LogP contribution < -0.4 is 19.5 Å². The zero-order chi connectivity index (χ0) is 20.8. The molecular weight excluding hydrogens is 412 g/mol. The normalized spacial score (nSPS) is 10.5. The highest BCUT2D eigenvalue weighted by Crippen LogP contribution is 2.38. The summed E-state index contributed by atoms with van der Waals surface area (Å²) >= 11 is 7.36. The van der Waals surface area contributed by atoms with E-state index in [2.05, 4.69) is 10.3 Å². The van der Waals surface area contributed by atoms with Crippen molar-refractivity contribution in [1.29, 1.82) is 0 Å². The molecule has 3 rings (SSSR count). The standard InChI is InChI=1S/C21H21ClN2O4S/c1-26-17-9-14(10-18(27-2)20(17)28-3)11-19(25)24-21-23-12-16(29-21)8-13-4-6-15(22)7-5-13/h4-7,9-10,12H,8,11H2,1-3H3,(H,23,24,25). The first-order valence-corrected chi connectivity index (χ1v) is 9.99. The SMILES string of the molecule is COc1cc(CC(=O)Nc2ncc(Cc3ccc(Cl)cc3)s2)cc(OC)c1OC. The number of amides is 1. The molecule has 0 saturated heterocycles. The van der Waals surface area contributed by atoms with E-state index in [1.54, 1.807) is 32.5 Å². The van der Waals surface area contributed by atoms with E-state index in [4.69, 9.17) is 25.8 Å². The maximum absolute atomic E-state index is 12.5. The smallest absolute Gasteiger partial charge is 0.230 e. The third kappa shape index (κ3) is 5.40. The van der Waals surface area contributed by atoms with Crippen LogP contribution >= 0.6 is 22.9 Å². The number of aromatic nitrogens is 1. The number of nitrogens with zero attached hydrogens (tertiary/aromatic N) is 1. The van der Waals surface area contributed by atoms with E-state index in [1.807, 2.05) is 24.3 Å². The summed E-state index contributed by atoms with van der Waals surface area (Å²) in [7, 11) is 4.62. The first-order valence-electron chi connectivity index (χ1n) is 8.80. The van der Waals surface area contributed by atoms with Gasteiger partial charge in [-0.3, -0.25) is 4.79 Å². The summed E-state index contributed by atoms with van der Waals surface area (Å²) < 4.78 is 16.0. The lowest BCUT2D eigenvalue weighted by molar-refractivity contribution is -0.115. The van der Waals surface area contributed by atoms with E-state index in [0.717, 1.165) is 22.4 Å². The molecule has 6 nitrogen and oxygen atoms in total. The number of ether oxygens (including phenoxy) is 3. The number of rotatable bonds is 8. The first kappa shape index (κ1) is 21.0. The molecule has 1 N–H and O–H groups in total. The van der Waals surface area contributed by atoms with Gasteiger partial charge in [-0.2, -0.15) is 0 Å². The van der Waals surface area contributed by atoms with Gasteiger partial charge in [0, 0.05) is 22.5 Å². The molecule has 0 atom stereocenters. The number of hydrogen-bond donors (Lipinski definition) is 1. The van der Waals surface area contributed by atoms with Crippen LogP contribution in [0.2, 0.25) is 5.02 Å². The van der Waals surface area contributed by atoms with Gasteiger partial charge in [0.2, 0.25) is 11.7 Å². The molecule has 8 heteroatoms. The molecule has 1 amide bonds. The Morgan fingerprint density at radius 1 is 1.03 bits per heavy atom. The summed E-state index contributed by atoms with van der Waals surface area (Å²) in [4.78, 5) is 17.8. The van der Waals surface area contributed by atoms with E-state index in [9.17, 15) is 4.79 Å². The van der Waals surface area contributed by atoms with Crippen LogP contribution in [0.1, 0.15) is 16.0 Å². The number of carbonyl (C=O) groups excluding carboxylic acids is 1. The van der Waals surface area contributed by atoms with Crippen LogP contribution in [0.5, 0.6) is 17.2 Å². The molecule has 0 bridgehead atoms. The van der Waals surface area contributed by atoms with Gasteiger partial charge in [-0.25, -0.2) is 4.98 Å². The number of nitrogens with one attached hydrogen (secondary N) is 1. The second kappa shape index (κ2) is 9.62. The minimum atomic E-state index is -0.174. The van der Waals surface area contributed by atoms with Crippen LogP contribution in [-0.4, -0.2) is 32.2 Å². The van der Waals surface area contributed by atoms with Crippen molar-refractivity contribution < 1.29 is 19.0 Å². The monoisotopic (exact) mass is 432 g/mol. The molecule has 0 aliphatic rings. The molecule has 1 aromatic heterocycles. The van der Waals surface area contributed by atoms with Crippen LogP contribution in [0, 0.1) is 0 Å². The highest BCUT2D eigenvalue weighted by Gasteiger charge is 2.15. The van der Waals surface area contributed by atoms with Crippen LogP contribution in [0.3, 0.4) is 0 Å². The van der Waals surface area contributed by atoms with Crippen LogP contribution in [-0.2, 0) is 17.6 Å². The fourth-order valence-corrected chi connectivity index (χ4v) is 3.83. The van der Waals surface area contributed by atoms with Crippen molar-refractivity contribution in [3.05, 3.63) is 63.6 Å². The molecule has 1 heterocycles. The van der Waals surface area contributed by atoms with Crippen molar-refractivity contribution in [1.82, 2.24) is 4.98 Å². The predicted octanol–water partition coefficient (Wildman–Crippen LogP) is 4.59. The van der Waals surface area contributed by atoms with Gasteiger partial charge >= 0.3 is 0 Å². The van der Waals surface area contributed by atoms with Crippen LogP contribution in [0.25, 0.3) is 0 Å². The molecule has 152 valence electrons. The topological polar surface area (TPSA) is 69.7 Å². The van der Waals surface area contributed by atoms with Crippen molar-refractivity contribution in [2.45, 2.75) is 12.8 Å². The van der Waals surface area contributed by atoms with Crippen molar-refractivity contribution in [2.75, 3.05) is 26.6 Å². The first-order chi connectivity index (χ1) is 14.0. The second-order valence-corrected chi connectivity index (χ2v) is 7.75. The molecule has 0 spiro atoms. The third-order valence-electron chi connectivity index (χ3n) is 4.18. The van der Waals surface area contributed by atoms with Crippen molar-refractivity contribution >= 4 is 34.0 Å². The minimum absolute atomic E-state index is 0.156. The molecule has 0 aliphatic heterocycles. The summed E-state index contributed by atoms with van der Waals surface area (Å²) in [6, 6.07) is 11.2. The summed E-state index contributed by atoms with van der Waals surface area (Å²) in [5.41, 5.74) is 1.88. The lowest BCUT2D eigenvalue weighted by atomic mass is 10.1. The second-order valence-electron chi connectivity index (χ2n) is 6.19. The zero-order valence-corrected chi connectivity index (χ0v) is 17.9. The number of methoxy groups -OCH3 is 3. The summed E-state index contributed by atoms with van der Waals surface area (Å²) in [6.45, 7) is 0. The molecule has 3 aromatic rings. The average Bonchev–Trinajstić information content (AvgIpc) is 3.15. The fourth-order valence-electron chi connectivity index (χ4n) is 2.84. The number of hydrogen-bond acceptors (Lipinski definition) is 6. The Balaban J connectivity index is 1.65. The Morgan fingerprint density at radius 2 is 1.69 bits per heavy atom. The van der Waals surface area contributed by atoms with Gasteiger partial charge in [-0.05, 0) is 35.4 Å². The van der Waals surface area contributed by atoms with Crippen LogP contribution in [0.4, 0.5) is 5.13 Å². The zero-order valence-electron chi connectivity index (χ0n) is 16.3. The van der Waals surface area contributed by atoms with Crippen molar-refractivity contribution in [2.24, 2.45) is 0 Å². The Kier molecular flexibility index (Phi) is 6.95. The quantitative estimate of drug-likeness (QED) is 0.563. The molecular formula is C21H21ClN2O4S. The molecule has 0 aliphatic carbocycles. The van der Waals surface area contributed by atoms with E-state index >= 15 is 0 Å². The molecule has 0 radical (unpaired) electrons. The highest BCUT2D eigenvalue weighted by atomic mass is 35.5. The molecule has 0 unspecified atom stereocenters. The van der Waals surface area contributed by atoms with Gasteiger partial charge in [0.15, 0.2) is 16.6 Å². The lowest BCUT2D eigenvalue weighted by Crippen LogP contribution is -2.14. The number of anilines is 1. The Morgan fingerprint density at radius 3 is 2.28 bits per heavy atom. The van der Waals surface area contributed by atoms with Crippen molar-refractivity contribution in [3.8, 4) is 17.2 Å². The molecule has 29 heavy (non-hydrogen) atoms. The lowest BCUT2D eigenvalue weighted by Gasteiger charge is -2.13. The van der Waals surface area contributed by atoms with E-state index in [-0.39, 0.29) is 12.3 Å². The maximum atomic E-state index is 12.5. The van der Waals surface area contributed by atoms with Gasteiger partial charge in [0.1, 0.15) is 0 Å². The average molecular weight is 433 g/mol. The molecule has 0 saturated carbocycles. The van der Waals surface area contributed by atoms with E-state index < -0.39 is 0 Å². The van der Waals surface area contributed by atoms with Gasteiger partial charge in [-0.15, -0.1) is 11.3 Å². The van der Waals surface area contributed by atoms with Crippen LogP contribution in [0.15, 0.2) is 42.6 Å².